The monoisotopic (exact) mass is 342 g/mol. The van der Waals surface area contributed by atoms with Crippen LogP contribution in [0.4, 0.5) is 0 Å². The lowest BCUT2D eigenvalue weighted by Gasteiger charge is -2.39. The topological polar surface area (TPSA) is 92.7 Å². The van der Waals surface area contributed by atoms with Gasteiger partial charge in [-0.3, -0.25) is 14.5 Å². The van der Waals surface area contributed by atoms with E-state index < -0.39 is 11.9 Å². The van der Waals surface area contributed by atoms with E-state index in [0.717, 1.165) is 13.0 Å². The molecule has 0 spiro atoms. The van der Waals surface area contributed by atoms with Crippen molar-refractivity contribution in [2.45, 2.75) is 19.4 Å². The average molecular weight is 342 g/mol. The number of piperazine rings is 1. The smallest absolute Gasteiger partial charge is 0.275 e. The van der Waals surface area contributed by atoms with Gasteiger partial charge in [0.05, 0.1) is 0 Å². The summed E-state index contributed by atoms with van der Waals surface area (Å²) in [7, 11) is 0. The van der Waals surface area contributed by atoms with Gasteiger partial charge in [-0.2, -0.15) is 0 Å². The summed E-state index contributed by atoms with van der Waals surface area (Å²) in [4.78, 5) is 32.1. The molecule has 3 rings (SSSR count). The highest BCUT2D eigenvalue weighted by Crippen LogP contribution is 2.14. The number of hydrogen-bond donors (Lipinski definition) is 1. The Bertz CT molecular complexity index is 744. The quantitative estimate of drug-likeness (QED) is 0.869. The molecule has 1 aliphatic heterocycles. The number of oxazole rings is 1. The highest BCUT2D eigenvalue weighted by Gasteiger charge is 2.33. The Morgan fingerprint density at radius 3 is 2.68 bits per heavy atom. The van der Waals surface area contributed by atoms with Crippen LogP contribution in [0.25, 0.3) is 0 Å². The number of carbonyl (C=O) groups excluding carboxylic acids is 2. The minimum Gasteiger partial charge on any atom is -0.448 e. The van der Waals surface area contributed by atoms with E-state index in [1.54, 1.807) is 11.8 Å². The molecule has 132 valence electrons. The van der Waals surface area contributed by atoms with Crippen molar-refractivity contribution in [1.29, 1.82) is 0 Å². The molecule has 0 unspecified atom stereocenters. The third kappa shape index (κ3) is 4.06. The van der Waals surface area contributed by atoms with E-state index in [9.17, 15) is 9.59 Å². The van der Waals surface area contributed by atoms with Crippen molar-refractivity contribution in [3.63, 3.8) is 0 Å². The van der Waals surface area contributed by atoms with E-state index in [1.165, 1.54) is 11.8 Å². The molecule has 1 aromatic heterocycles. The number of benzene rings is 1. The van der Waals surface area contributed by atoms with Crippen LogP contribution < -0.4 is 5.73 Å². The molecule has 2 N–H and O–H groups in total. The second-order valence-electron chi connectivity index (χ2n) is 6.19. The van der Waals surface area contributed by atoms with Crippen molar-refractivity contribution < 1.29 is 14.0 Å². The van der Waals surface area contributed by atoms with Crippen LogP contribution in [-0.2, 0) is 11.2 Å². The van der Waals surface area contributed by atoms with Gasteiger partial charge in [0.1, 0.15) is 12.3 Å². The van der Waals surface area contributed by atoms with Crippen LogP contribution in [-0.4, -0.2) is 58.8 Å². The predicted molar refractivity (Wildman–Crippen MR) is 91.8 cm³/mol. The summed E-state index contributed by atoms with van der Waals surface area (Å²) in [6, 6.07) is 9.60. The van der Waals surface area contributed by atoms with E-state index in [1.807, 2.05) is 23.1 Å². The molecule has 1 aromatic carbocycles. The lowest BCUT2D eigenvalue weighted by Crippen LogP contribution is -2.59. The highest BCUT2D eigenvalue weighted by atomic mass is 16.3. The summed E-state index contributed by atoms with van der Waals surface area (Å²) in [6.07, 6.45) is 2.18. The number of amides is 2. The SMILES string of the molecule is Cc1nc(C(=O)N2CCN(CCc3ccccc3)[C@H](C(N)=O)C2)co1. The molecule has 2 amide bonds. The van der Waals surface area contributed by atoms with Gasteiger partial charge < -0.3 is 15.1 Å². The third-order valence-electron chi connectivity index (χ3n) is 4.48. The van der Waals surface area contributed by atoms with E-state index in [2.05, 4.69) is 17.1 Å². The molecule has 1 fully saturated rings. The first kappa shape index (κ1) is 17.2. The molecular formula is C18H22N4O3. The van der Waals surface area contributed by atoms with Crippen molar-refractivity contribution >= 4 is 11.8 Å². The minimum absolute atomic E-state index is 0.231. The maximum atomic E-state index is 12.5. The number of primary amides is 1. The fraction of sp³-hybridized carbons (Fsp3) is 0.389. The first-order chi connectivity index (χ1) is 12.0. The van der Waals surface area contributed by atoms with E-state index in [4.69, 9.17) is 10.2 Å². The Morgan fingerprint density at radius 2 is 2.04 bits per heavy atom. The van der Waals surface area contributed by atoms with Crippen molar-refractivity contribution in [2.24, 2.45) is 5.73 Å². The number of aromatic nitrogens is 1. The number of nitrogens with two attached hydrogens (primary N) is 1. The van der Waals surface area contributed by atoms with Crippen LogP contribution in [0, 0.1) is 6.92 Å². The van der Waals surface area contributed by atoms with Gasteiger partial charge in [0, 0.05) is 33.1 Å². The standard InChI is InChI=1S/C18H22N4O3/c1-13-20-15(12-25-13)18(24)22-10-9-21(16(11-22)17(19)23)8-7-14-5-3-2-4-6-14/h2-6,12,16H,7-11H2,1H3,(H2,19,23)/t16-/m0/s1. The molecule has 7 heteroatoms. The zero-order valence-electron chi connectivity index (χ0n) is 14.2. The fourth-order valence-electron chi connectivity index (χ4n) is 3.08. The van der Waals surface area contributed by atoms with Gasteiger partial charge in [-0.25, -0.2) is 4.98 Å². The molecule has 1 aliphatic rings. The van der Waals surface area contributed by atoms with Crippen molar-refractivity contribution in [1.82, 2.24) is 14.8 Å². The summed E-state index contributed by atoms with van der Waals surface area (Å²) in [5, 5.41) is 0. The van der Waals surface area contributed by atoms with Gasteiger partial charge >= 0.3 is 0 Å². The summed E-state index contributed by atoms with van der Waals surface area (Å²) in [6.45, 7) is 3.81. The maximum Gasteiger partial charge on any atom is 0.275 e. The van der Waals surface area contributed by atoms with Crippen LogP contribution >= 0.6 is 0 Å². The largest absolute Gasteiger partial charge is 0.448 e. The molecule has 2 aromatic rings. The van der Waals surface area contributed by atoms with Gasteiger partial charge in [0.2, 0.25) is 5.91 Å². The van der Waals surface area contributed by atoms with Gasteiger partial charge in [-0.1, -0.05) is 30.3 Å². The second-order valence-corrected chi connectivity index (χ2v) is 6.19. The van der Waals surface area contributed by atoms with E-state index >= 15 is 0 Å². The molecule has 25 heavy (non-hydrogen) atoms. The minimum atomic E-state index is -0.491. The Morgan fingerprint density at radius 1 is 1.28 bits per heavy atom. The second kappa shape index (κ2) is 7.48. The zero-order valence-corrected chi connectivity index (χ0v) is 14.2. The number of carbonyl (C=O) groups is 2. The lowest BCUT2D eigenvalue weighted by molar-refractivity contribution is -0.125. The van der Waals surface area contributed by atoms with Gasteiger partial charge in [-0.15, -0.1) is 0 Å². The van der Waals surface area contributed by atoms with E-state index in [0.29, 0.717) is 19.0 Å². The molecule has 1 atom stereocenters. The van der Waals surface area contributed by atoms with Crippen molar-refractivity contribution in [3.05, 3.63) is 53.7 Å². The first-order valence-corrected chi connectivity index (χ1v) is 8.33. The third-order valence-corrected chi connectivity index (χ3v) is 4.48. The molecule has 7 nitrogen and oxygen atoms in total. The Kier molecular flexibility index (Phi) is 5.14. The van der Waals surface area contributed by atoms with E-state index in [-0.39, 0.29) is 18.1 Å². The highest BCUT2D eigenvalue weighted by molar-refractivity contribution is 5.92. The lowest BCUT2D eigenvalue weighted by atomic mass is 10.1. The average Bonchev–Trinajstić information content (AvgIpc) is 3.06. The summed E-state index contributed by atoms with van der Waals surface area (Å²) in [5.74, 6) is -0.205. The number of hydrogen-bond acceptors (Lipinski definition) is 5. The molecular weight excluding hydrogens is 320 g/mol. The Labute approximate surface area is 146 Å². The maximum absolute atomic E-state index is 12.5. The van der Waals surface area contributed by atoms with Crippen LogP contribution in [0.1, 0.15) is 21.9 Å². The van der Waals surface area contributed by atoms with Crippen molar-refractivity contribution in [3.8, 4) is 0 Å². The molecule has 1 saturated heterocycles. The fourth-order valence-corrected chi connectivity index (χ4v) is 3.08. The molecule has 0 radical (unpaired) electrons. The molecule has 0 saturated carbocycles. The normalized spacial score (nSPS) is 18.3. The van der Waals surface area contributed by atoms with Crippen LogP contribution in [0.3, 0.4) is 0 Å². The van der Waals surface area contributed by atoms with Gasteiger partial charge in [-0.05, 0) is 12.0 Å². The van der Waals surface area contributed by atoms with Gasteiger partial charge in [0.25, 0.3) is 5.91 Å². The predicted octanol–water partition coefficient (Wildman–Crippen LogP) is 0.837. The zero-order chi connectivity index (χ0) is 17.8. The molecule has 0 aliphatic carbocycles. The first-order valence-electron chi connectivity index (χ1n) is 8.33. The molecule has 0 bridgehead atoms. The summed E-state index contributed by atoms with van der Waals surface area (Å²) in [5.41, 5.74) is 7.05. The van der Waals surface area contributed by atoms with Crippen molar-refractivity contribution in [2.75, 3.05) is 26.2 Å². The summed E-state index contributed by atoms with van der Waals surface area (Å²) < 4.78 is 5.10. The molecule has 2 heterocycles. The Hall–Kier alpha value is -2.67. The van der Waals surface area contributed by atoms with Crippen LogP contribution in [0.15, 0.2) is 41.0 Å². The summed E-state index contributed by atoms with van der Waals surface area (Å²) >= 11 is 0. The van der Waals surface area contributed by atoms with Gasteiger partial charge in [0.15, 0.2) is 11.6 Å². The number of aryl methyl sites for hydroxylation is 1. The van der Waals surface area contributed by atoms with Crippen LogP contribution in [0.5, 0.6) is 0 Å². The Balaban J connectivity index is 1.64. The van der Waals surface area contributed by atoms with Crippen LogP contribution in [0.2, 0.25) is 0 Å². The number of rotatable bonds is 5. The number of nitrogens with zero attached hydrogens (tertiary/aromatic N) is 3.